The van der Waals surface area contributed by atoms with Crippen molar-refractivity contribution >= 4 is 29.2 Å². The van der Waals surface area contributed by atoms with Gasteiger partial charge < -0.3 is 20.0 Å². The molecule has 0 aromatic heterocycles. The fraction of sp³-hybridized carbons (Fsp3) is 0.529. The first kappa shape index (κ1) is 21.3. The molecule has 0 atom stereocenters. The van der Waals surface area contributed by atoms with Crippen LogP contribution in [0, 0.1) is 5.41 Å². The molecule has 1 aromatic carbocycles. The molecule has 5 nitrogen and oxygen atoms in total. The molecule has 1 N–H and O–H groups in total. The maximum absolute atomic E-state index is 12.2. The minimum absolute atomic E-state index is 0. The van der Waals surface area contributed by atoms with E-state index in [-0.39, 0.29) is 48.0 Å². The Morgan fingerprint density at radius 2 is 1.96 bits per heavy atom. The number of carboxylic acid groups (broad SMARTS) is 1. The van der Waals surface area contributed by atoms with Gasteiger partial charge in [-0.05, 0) is 38.8 Å². The van der Waals surface area contributed by atoms with Crippen molar-refractivity contribution in [2.45, 2.75) is 52.1 Å². The third kappa shape index (κ3) is 5.38. The number of hydrogen-bond acceptors (Lipinski definition) is 4. The molecule has 0 spiro atoms. The number of amides is 1. The van der Waals surface area contributed by atoms with E-state index in [1.807, 2.05) is 13.8 Å². The van der Waals surface area contributed by atoms with Gasteiger partial charge in [0.05, 0.1) is 16.8 Å². The number of rotatable bonds is 6. The molecular formula is C17H21ClNNaO4. The van der Waals surface area contributed by atoms with Crippen molar-refractivity contribution in [2.24, 2.45) is 5.41 Å². The molecule has 1 aliphatic rings. The molecule has 0 bridgehead atoms. The van der Waals surface area contributed by atoms with Gasteiger partial charge in [0.25, 0.3) is 0 Å². The Morgan fingerprint density at radius 3 is 2.46 bits per heavy atom. The van der Waals surface area contributed by atoms with Gasteiger partial charge in [-0.15, -0.1) is 0 Å². The van der Waals surface area contributed by atoms with Crippen LogP contribution < -0.4 is 44.7 Å². The van der Waals surface area contributed by atoms with E-state index in [0.717, 1.165) is 12.8 Å². The van der Waals surface area contributed by atoms with Crippen LogP contribution in [0.5, 0.6) is 5.75 Å². The molecule has 0 aliphatic heterocycles. The molecule has 1 amide bonds. The number of anilines is 1. The molecule has 7 heteroatoms. The summed E-state index contributed by atoms with van der Waals surface area (Å²) in [5, 5.41) is 14.4. The van der Waals surface area contributed by atoms with Crippen molar-refractivity contribution in [1.29, 1.82) is 0 Å². The Bertz CT molecular complexity index is 600. The van der Waals surface area contributed by atoms with E-state index >= 15 is 0 Å². The van der Waals surface area contributed by atoms with Gasteiger partial charge >= 0.3 is 29.6 Å². The first-order valence-electron chi connectivity index (χ1n) is 7.80. The average molecular weight is 362 g/mol. The Balaban J connectivity index is 0.00000288. The zero-order chi connectivity index (χ0) is 17.0. The summed E-state index contributed by atoms with van der Waals surface area (Å²) in [6.07, 6.45) is 2.52. The van der Waals surface area contributed by atoms with Gasteiger partial charge in [0.2, 0.25) is 5.91 Å². The molecule has 1 aromatic rings. The number of benzene rings is 1. The molecule has 1 saturated carbocycles. The predicted octanol–water partition coefficient (Wildman–Crippen LogP) is -0.230. The largest absolute Gasteiger partial charge is 1.00 e. The molecule has 1 fully saturated rings. The van der Waals surface area contributed by atoms with Gasteiger partial charge in [-0.2, -0.15) is 0 Å². The fourth-order valence-corrected chi connectivity index (χ4v) is 3.17. The summed E-state index contributed by atoms with van der Waals surface area (Å²) in [5.41, 5.74) is -0.601. The minimum atomic E-state index is -1.14. The number of carboxylic acids is 1. The molecule has 0 radical (unpaired) electrons. The molecular weight excluding hydrogens is 341 g/mol. The molecule has 0 saturated heterocycles. The number of nitrogens with one attached hydrogen (secondary N) is 1. The summed E-state index contributed by atoms with van der Waals surface area (Å²) < 4.78 is 5.53. The van der Waals surface area contributed by atoms with Crippen molar-refractivity contribution < 1.29 is 49.0 Å². The molecule has 0 heterocycles. The third-order valence-electron chi connectivity index (χ3n) is 4.08. The maximum atomic E-state index is 12.2. The summed E-state index contributed by atoms with van der Waals surface area (Å²) >= 11 is 6.15. The van der Waals surface area contributed by atoms with Crippen LogP contribution in [0.3, 0.4) is 0 Å². The standard InChI is InChI=1S/C17H22ClNO4.Na/c1-11(2)23-12-5-6-14(13(18)9-12)19-15(20)10-17(16(21)22)7-3-4-8-17;/h5-6,9,11H,3-4,7-8,10H2,1-2H3,(H,19,20)(H,21,22);/q;+1/p-1. The summed E-state index contributed by atoms with van der Waals surface area (Å²) in [6, 6.07) is 4.99. The van der Waals surface area contributed by atoms with Gasteiger partial charge in [0.1, 0.15) is 5.75 Å². The number of carbonyl (C=O) groups is 2. The van der Waals surface area contributed by atoms with E-state index in [9.17, 15) is 14.7 Å². The van der Waals surface area contributed by atoms with Crippen LogP contribution in [-0.2, 0) is 9.59 Å². The third-order valence-corrected chi connectivity index (χ3v) is 4.39. The topological polar surface area (TPSA) is 78.5 Å². The van der Waals surface area contributed by atoms with Crippen LogP contribution in [0.25, 0.3) is 0 Å². The first-order chi connectivity index (χ1) is 10.8. The van der Waals surface area contributed by atoms with Crippen molar-refractivity contribution in [3.8, 4) is 5.75 Å². The first-order valence-corrected chi connectivity index (χ1v) is 8.18. The number of hydrogen-bond donors (Lipinski definition) is 1. The van der Waals surface area contributed by atoms with Crippen LogP contribution >= 0.6 is 11.6 Å². The molecule has 0 unspecified atom stereocenters. The van der Waals surface area contributed by atoms with Crippen LogP contribution in [0.15, 0.2) is 18.2 Å². The van der Waals surface area contributed by atoms with Crippen LogP contribution in [0.2, 0.25) is 5.02 Å². The van der Waals surface area contributed by atoms with Gasteiger partial charge in [-0.25, -0.2) is 0 Å². The van der Waals surface area contributed by atoms with E-state index in [0.29, 0.717) is 29.3 Å². The second-order valence-corrected chi connectivity index (χ2v) is 6.72. The van der Waals surface area contributed by atoms with E-state index < -0.39 is 11.4 Å². The monoisotopic (exact) mass is 361 g/mol. The van der Waals surface area contributed by atoms with Gasteiger partial charge in [0.15, 0.2) is 0 Å². The normalized spacial score (nSPS) is 15.7. The smallest absolute Gasteiger partial charge is 0.550 e. The number of ether oxygens (including phenoxy) is 1. The number of carbonyl (C=O) groups excluding carboxylic acids is 2. The Morgan fingerprint density at radius 1 is 1.33 bits per heavy atom. The summed E-state index contributed by atoms with van der Waals surface area (Å²) in [7, 11) is 0. The maximum Gasteiger partial charge on any atom is 1.00 e. The molecule has 126 valence electrons. The van der Waals surface area contributed by atoms with Crippen LogP contribution in [-0.4, -0.2) is 18.0 Å². The second-order valence-electron chi connectivity index (χ2n) is 6.31. The summed E-state index contributed by atoms with van der Waals surface area (Å²) in [6.45, 7) is 3.81. The SMILES string of the molecule is CC(C)Oc1ccc(NC(=O)CC2(C(=O)[O-])CCCC2)c(Cl)c1.[Na+]. The van der Waals surface area contributed by atoms with Crippen molar-refractivity contribution in [3.05, 3.63) is 23.2 Å². The quantitative estimate of drug-likeness (QED) is 0.710. The van der Waals surface area contributed by atoms with Crippen LogP contribution in [0.4, 0.5) is 5.69 Å². The van der Waals surface area contributed by atoms with Crippen molar-refractivity contribution in [1.82, 2.24) is 0 Å². The summed E-state index contributed by atoms with van der Waals surface area (Å²) in [5.74, 6) is -0.891. The second kappa shape index (κ2) is 9.09. The zero-order valence-electron chi connectivity index (χ0n) is 14.4. The molecule has 1 aliphatic carbocycles. The molecule has 2 rings (SSSR count). The fourth-order valence-electron chi connectivity index (χ4n) is 2.95. The van der Waals surface area contributed by atoms with Crippen LogP contribution in [0.1, 0.15) is 46.0 Å². The number of aliphatic carboxylic acids is 1. The van der Waals surface area contributed by atoms with E-state index in [1.54, 1.807) is 18.2 Å². The van der Waals surface area contributed by atoms with E-state index in [2.05, 4.69) is 5.32 Å². The summed E-state index contributed by atoms with van der Waals surface area (Å²) in [4.78, 5) is 23.6. The Labute approximate surface area is 169 Å². The van der Waals surface area contributed by atoms with Crippen molar-refractivity contribution in [2.75, 3.05) is 5.32 Å². The van der Waals surface area contributed by atoms with E-state index in [1.165, 1.54) is 0 Å². The Kier molecular flexibility index (Phi) is 8.06. The van der Waals surface area contributed by atoms with E-state index in [4.69, 9.17) is 16.3 Å². The van der Waals surface area contributed by atoms with Crippen molar-refractivity contribution in [3.63, 3.8) is 0 Å². The minimum Gasteiger partial charge on any atom is -0.550 e. The Hall–Kier alpha value is -0.750. The predicted molar refractivity (Wildman–Crippen MR) is 86.4 cm³/mol. The van der Waals surface area contributed by atoms with Gasteiger partial charge in [-0.3, -0.25) is 4.79 Å². The van der Waals surface area contributed by atoms with Gasteiger partial charge in [0, 0.05) is 23.9 Å². The van der Waals surface area contributed by atoms with Gasteiger partial charge in [-0.1, -0.05) is 24.4 Å². The molecule has 24 heavy (non-hydrogen) atoms. The number of halogens is 1. The average Bonchev–Trinajstić information content (AvgIpc) is 2.91. The zero-order valence-corrected chi connectivity index (χ0v) is 17.1.